The van der Waals surface area contributed by atoms with Crippen LogP contribution in [0.15, 0.2) is 41.3 Å². The maximum atomic E-state index is 13.2. The van der Waals surface area contributed by atoms with Gasteiger partial charge in [-0.1, -0.05) is 61.2 Å². The van der Waals surface area contributed by atoms with Gasteiger partial charge in [0.1, 0.15) is 5.75 Å². The SMILES string of the molecule is CCCCN(CCCC)S(=O)(=O)c1ccc2nc(NC(=O)COc3ccc(Cl)cc3Cl)sc2c1. The molecular formula is C23H27Cl2N3O4S2. The highest BCUT2D eigenvalue weighted by Crippen LogP contribution is 2.30. The molecule has 3 aromatic rings. The van der Waals surface area contributed by atoms with E-state index in [2.05, 4.69) is 10.3 Å². The van der Waals surface area contributed by atoms with Crippen molar-refractivity contribution >= 4 is 65.8 Å². The second-order valence-corrected chi connectivity index (χ2v) is 11.5. The molecule has 184 valence electrons. The average molecular weight is 545 g/mol. The van der Waals surface area contributed by atoms with Crippen LogP contribution in [0.3, 0.4) is 0 Å². The van der Waals surface area contributed by atoms with E-state index in [1.54, 1.807) is 34.6 Å². The molecular weight excluding hydrogens is 517 g/mol. The van der Waals surface area contributed by atoms with Gasteiger partial charge in [-0.3, -0.25) is 10.1 Å². The van der Waals surface area contributed by atoms with E-state index in [0.717, 1.165) is 25.7 Å². The lowest BCUT2D eigenvalue weighted by Gasteiger charge is -2.21. The van der Waals surface area contributed by atoms with E-state index in [1.165, 1.54) is 17.4 Å². The molecule has 0 fully saturated rings. The Morgan fingerprint density at radius 1 is 1.09 bits per heavy atom. The Morgan fingerprint density at radius 3 is 2.44 bits per heavy atom. The molecule has 0 radical (unpaired) electrons. The zero-order valence-corrected chi connectivity index (χ0v) is 22.2. The highest BCUT2D eigenvalue weighted by molar-refractivity contribution is 7.89. The van der Waals surface area contributed by atoms with Gasteiger partial charge < -0.3 is 4.74 Å². The van der Waals surface area contributed by atoms with Crippen LogP contribution in [0.25, 0.3) is 10.2 Å². The monoisotopic (exact) mass is 543 g/mol. The van der Waals surface area contributed by atoms with E-state index in [-0.39, 0.29) is 11.5 Å². The number of sulfonamides is 1. The number of nitrogens with one attached hydrogen (secondary N) is 1. The van der Waals surface area contributed by atoms with Gasteiger partial charge in [0.25, 0.3) is 5.91 Å². The number of aromatic nitrogens is 1. The quantitative estimate of drug-likeness (QED) is 0.293. The van der Waals surface area contributed by atoms with Crippen LogP contribution in [0.2, 0.25) is 10.0 Å². The summed E-state index contributed by atoms with van der Waals surface area (Å²) >= 11 is 13.1. The molecule has 34 heavy (non-hydrogen) atoms. The zero-order chi connectivity index (χ0) is 24.7. The Hall–Kier alpha value is -1.91. The van der Waals surface area contributed by atoms with Gasteiger partial charge in [0.05, 0.1) is 20.1 Å². The number of anilines is 1. The van der Waals surface area contributed by atoms with Gasteiger partial charge in [-0.2, -0.15) is 4.31 Å². The predicted molar refractivity (Wildman–Crippen MR) is 139 cm³/mol. The molecule has 1 N–H and O–H groups in total. The minimum absolute atomic E-state index is 0.231. The summed E-state index contributed by atoms with van der Waals surface area (Å²) in [5.74, 6) is -0.0701. The Kier molecular flexibility index (Phi) is 9.56. The van der Waals surface area contributed by atoms with Crippen LogP contribution in [-0.4, -0.2) is 43.3 Å². The molecule has 0 aliphatic heterocycles. The normalized spacial score (nSPS) is 11.8. The summed E-state index contributed by atoms with van der Waals surface area (Å²) in [4.78, 5) is 16.9. The Balaban J connectivity index is 1.71. The van der Waals surface area contributed by atoms with Gasteiger partial charge in [-0.25, -0.2) is 13.4 Å². The van der Waals surface area contributed by atoms with Crippen LogP contribution < -0.4 is 10.1 Å². The van der Waals surface area contributed by atoms with Crippen LogP contribution in [0.5, 0.6) is 5.75 Å². The molecule has 1 aromatic heterocycles. The van der Waals surface area contributed by atoms with Gasteiger partial charge in [-0.05, 0) is 49.2 Å². The summed E-state index contributed by atoms with van der Waals surface area (Å²) in [6, 6.07) is 9.58. The minimum Gasteiger partial charge on any atom is -0.482 e. The zero-order valence-electron chi connectivity index (χ0n) is 19.0. The van der Waals surface area contributed by atoms with Gasteiger partial charge in [-0.15, -0.1) is 0 Å². The number of rotatable bonds is 12. The van der Waals surface area contributed by atoms with E-state index in [0.29, 0.717) is 44.2 Å². The van der Waals surface area contributed by atoms with E-state index in [9.17, 15) is 13.2 Å². The standard InChI is InChI=1S/C23H27Cl2N3O4S2/c1-3-5-11-28(12-6-4-2)34(30,31)17-8-9-19-21(14-17)33-23(26-19)27-22(29)15-32-20-10-7-16(24)13-18(20)25/h7-10,13-14H,3-6,11-12,15H2,1-2H3,(H,26,27,29). The number of carbonyl (C=O) groups excluding carboxylic acids is 1. The van der Waals surface area contributed by atoms with Gasteiger partial charge >= 0.3 is 0 Å². The molecule has 0 unspecified atom stereocenters. The fraction of sp³-hybridized carbons (Fsp3) is 0.391. The molecule has 1 heterocycles. The van der Waals surface area contributed by atoms with Crippen LogP contribution in [0.4, 0.5) is 5.13 Å². The van der Waals surface area contributed by atoms with Crippen molar-refractivity contribution in [2.24, 2.45) is 0 Å². The number of fused-ring (bicyclic) bond motifs is 1. The summed E-state index contributed by atoms with van der Waals surface area (Å²) in [7, 11) is -3.61. The first kappa shape index (κ1) is 26.7. The average Bonchev–Trinajstić information content (AvgIpc) is 3.19. The van der Waals surface area contributed by atoms with Crippen molar-refractivity contribution in [3.8, 4) is 5.75 Å². The molecule has 0 atom stereocenters. The topological polar surface area (TPSA) is 88.6 Å². The molecule has 11 heteroatoms. The maximum Gasteiger partial charge on any atom is 0.264 e. The second kappa shape index (κ2) is 12.2. The molecule has 0 bridgehead atoms. The summed E-state index contributed by atoms with van der Waals surface area (Å²) in [5.41, 5.74) is 0.606. The molecule has 0 saturated heterocycles. The van der Waals surface area contributed by atoms with Crippen molar-refractivity contribution in [3.63, 3.8) is 0 Å². The summed E-state index contributed by atoms with van der Waals surface area (Å²) in [6.45, 7) is 4.82. The first-order valence-corrected chi connectivity index (χ1v) is 14.0. The minimum atomic E-state index is -3.61. The van der Waals surface area contributed by atoms with Crippen molar-refractivity contribution in [2.75, 3.05) is 25.0 Å². The number of hydrogen-bond donors (Lipinski definition) is 1. The van der Waals surface area contributed by atoms with Gasteiger partial charge in [0, 0.05) is 18.1 Å². The van der Waals surface area contributed by atoms with E-state index in [1.807, 2.05) is 13.8 Å². The highest BCUT2D eigenvalue weighted by Gasteiger charge is 2.24. The molecule has 2 aromatic carbocycles. The summed E-state index contributed by atoms with van der Waals surface area (Å²) < 4.78 is 34.2. The molecule has 0 saturated carbocycles. The van der Waals surface area contributed by atoms with Crippen LogP contribution >= 0.6 is 34.5 Å². The molecule has 3 rings (SSSR count). The first-order valence-electron chi connectivity index (χ1n) is 11.0. The summed E-state index contributed by atoms with van der Waals surface area (Å²) in [6.07, 6.45) is 3.46. The highest BCUT2D eigenvalue weighted by atomic mass is 35.5. The third kappa shape index (κ3) is 6.82. The Morgan fingerprint density at radius 2 is 1.79 bits per heavy atom. The van der Waals surface area contributed by atoms with Crippen LogP contribution in [0.1, 0.15) is 39.5 Å². The molecule has 0 aliphatic rings. The van der Waals surface area contributed by atoms with Crippen LogP contribution in [0, 0.1) is 0 Å². The lowest BCUT2D eigenvalue weighted by molar-refractivity contribution is -0.118. The number of halogens is 2. The number of thiazole rings is 1. The molecule has 1 amide bonds. The number of unbranched alkanes of at least 4 members (excludes halogenated alkanes) is 2. The van der Waals surface area contributed by atoms with Gasteiger partial charge in [0.2, 0.25) is 10.0 Å². The molecule has 0 aliphatic carbocycles. The smallest absolute Gasteiger partial charge is 0.264 e. The predicted octanol–water partition coefficient (Wildman–Crippen LogP) is 6.21. The Labute approximate surface area is 214 Å². The van der Waals surface area contributed by atoms with Crippen molar-refractivity contribution in [1.29, 1.82) is 0 Å². The van der Waals surface area contributed by atoms with E-state index in [4.69, 9.17) is 27.9 Å². The number of nitrogens with zero attached hydrogens (tertiary/aromatic N) is 2. The fourth-order valence-electron chi connectivity index (χ4n) is 3.18. The van der Waals surface area contributed by atoms with E-state index < -0.39 is 15.9 Å². The number of carbonyl (C=O) groups is 1. The number of hydrogen-bond acceptors (Lipinski definition) is 6. The lowest BCUT2D eigenvalue weighted by Crippen LogP contribution is -2.33. The van der Waals surface area contributed by atoms with Gasteiger partial charge in [0.15, 0.2) is 11.7 Å². The lowest BCUT2D eigenvalue weighted by atomic mass is 10.3. The third-order valence-electron chi connectivity index (χ3n) is 5.02. The largest absolute Gasteiger partial charge is 0.482 e. The van der Waals surface area contributed by atoms with Crippen LogP contribution in [-0.2, 0) is 14.8 Å². The van der Waals surface area contributed by atoms with Crippen molar-refractivity contribution < 1.29 is 17.9 Å². The fourth-order valence-corrected chi connectivity index (χ4v) is 6.18. The second-order valence-electron chi connectivity index (χ2n) is 7.67. The van der Waals surface area contributed by atoms with E-state index >= 15 is 0 Å². The van der Waals surface area contributed by atoms with Crippen molar-refractivity contribution in [3.05, 3.63) is 46.4 Å². The molecule has 7 nitrogen and oxygen atoms in total. The third-order valence-corrected chi connectivity index (χ3v) is 8.38. The molecule has 0 spiro atoms. The van der Waals surface area contributed by atoms with Crippen molar-refractivity contribution in [1.82, 2.24) is 9.29 Å². The summed E-state index contributed by atoms with van der Waals surface area (Å²) in [5, 5.41) is 3.81. The Bertz CT molecular complexity index is 1240. The van der Waals surface area contributed by atoms with Crippen molar-refractivity contribution in [2.45, 2.75) is 44.4 Å². The number of ether oxygens (including phenoxy) is 1. The maximum absolute atomic E-state index is 13.2. The number of amides is 1. The number of benzene rings is 2. The first-order chi connectivity index (χ1) is 16.2.